The van der Waals surface area contributed by atoms with Crippen molar-refractivity contribution in [2.75, 3.05) is 16.0 Å². The van der Waals surface area contributed by atoms with Crippen LogP contribution in [0, 0.1) is 11.3 Å². The number of Topliss-reactive ketones (excluding diaryl/α,β-unsaturated/α-hetero) is 1. The van der Waals surface area contributed by atoms with Crippen molar-refractivity contribution in [3.63, 3.8) is 0 Å². The molecular formula is C20H18N4O3. The van der Waals surface area contributed by atoms with Crippen LogP contribution in [-0.4, -0.2) is 17.6 Å². The van der Waals surface area contributed by atoms with Crippen LogP contribution >= 0.6 is 0 Å². The number of carbonyl (C=O) groups excluding carboxylic acids is 3. The Balaban J connectivity index is 2.02. The molecule has 2 aromatic carbocycles. The number of hydrogen-bond donors (Lipinski definition) is 3. The zero-order chi connectivity index (χ0) is 19.8. The highest BCUT2D eigenvalue weighted by Crippen LogP contribution is 2.15. The second kappa shape index (κ2) is 8.97. The van der Waals surface area contributed by atoms with E-state index in [9.17, 15) is 19.6 Å². The number of benzene rings is 2. The van der Waals surface area contributed by atoms with Gasteiger partial charge in [-0.05, 0) is 55.5 Å². The Hall–Kier alpha value is -3.92. The lowest BCUT2D eigenvalue weighted by Crippen LogP contribution is -2.14. The molecular weight excluding hydrogens is 344 g/mol. The Morgan fingerprint density at radius 1 is 0.852 bits per heavy atom. The largest absolute Gasteiger partial charge is 0.360 e. The van der Waals surface area contributed by atoms with E-state index in [1.807, 2.05) is 6.07 Å². The molecule has 0 saturated heterocycles. The normalized spacial score (nSPS) is 10.5. The van der Waals surface area contributed by atoms with Gasteiger partial charge in [-0.2, -0.15) is 5.26 Å². The summed E-state index contributed by atoms with van der Waals surface area (Å²) in [7, 11) is 0. The van der Waals surface area contributed by atoms with Crippen molar-refractivity contribution in [3.8, 4) is 6.07 Å². The molecule has 0 saturated carbocycles. The first kappa shape index (κ1) is 19.4. The predicted octanol–water partition coefficient (Wildman–Crippen LogP) is 3.31. The van der Waals surface area contributed by atoms with Crippen molar-refractivity contribution in [3.05, 3.63) is 65.9 Å². The first-order chi connectivity index (χ1) is 12.9. The minimum Gasteiger partial charge on any atom is -0.360 e. The summed E-state index contributed by atoms with van der Waals surface area (Å²) in [6, 6.07) is 15.0. The van der Waals surface area contributed by atoms with Gasteiger partial charge in [-0.25, -0.2) is 0 Å². The highest BCUT2D eigenvalue weighted by molar-refractivity contribution is 6.07. The lowest BCUT2D eigenvalue weighted by Gasteiger charge is -2.07. The number of amides is 2. The van der Waals surface area contributed by atoms with Gasteiger partial charge in [0.2, 0.25) is 5.91 Å². The highest BCUT2D eigenvalue weighted by Gasteiger charge is 2.09. The molecule has 0 aromatic heterocycles. The molecule has 2 rings (SSSR count). The van der Waals surface area contributed by atoms with Crippen LogP contribution < -0.4 is 16.0 Å². The summed E-state index contributed by atoms with van der Waals surface area (Å²) in [5.74, 6) is -0.815. The third kappa shape index (κ3) is 5.83. The number of nitrogens with one attached hydrogen (secondary N) is 3. The van der Waals surface area contributed by atoms with E-state index in [0.29, 0.717) is 22.6 Å². The van der Waals surface area contributed by atoms with Crippen molar-refractivity contribution in [2.24, 2.45) is 0 Å². The van der Waals surface area contributed by atoms with Gasteiger partial charge in [0.1, 0.15) is 11.6 Å². The Bertz CT molecular complexity index is 923. The monoisotopic (exact) mass is 362 g/mol. The molecule has 0 aliphatic heterocycles. The molecule has 0 heterocycles. The average molecular weight is 362 g/mol. The third-order valence-corrected chi connectivity index (χ3v) is 3.50. The zero-order valence-corrected chi connectivity index (χ0v) is 14.9. The molecule has 0 unspecified atom stereocenters. The van der Waals surface area contributed by atoms with Crippen LogP contribution in [0.25, 0.3) is 0 Å². The number of hydrogen-bond acceptors (Lipinski definition) is 5. The van der Waals surface area contributed by atoms with Crippen LogP contribution in [0.2, 0.25) is 0 Å². The van der Waals surface area contributed by atoms with E-state index in [0.717, 1.165) is 0 Å². The van der Waals surface area contributed by atoms with Crippen molar-refractivity contribution in [2.45, 2.75) is 13.8 Å². The molecule has 0 radical (unpaired) electrons. The van der Waals surface area contributed by atoms with E-state index < -0.39 is 5.91 Å². The smallest absolute Gasteiger partial charge is 0.267 e. The van der Waals surface area contributed by atoms with E-state index in [-0.39, 0.29) is 17.3 Å². The van der Waals surface area contributed by atoms with Gasteiger partial charge in [-0.1, -0.05) is 0 Å². The molecule has 0 atom stereocenters. The average Bonchev–Trinajstić information content (AvgIpc) is 2.63. The summed E-state index contributed by atoms with van der Waals surface area (Å²) < 4.78 is 0. The van der Waals surface area contributed by atoms with E-state index in [2.05, 4.69) is 16.0 Å². The fraction of sp³-hybridized carbons (Fsp3) is 0.100. The van der Waals surface area contributed by atoms with Crippen LogP contribution in [-0.2, 0) is 9.59 Å². The minimum atomic E-state index is -0.574. The van der Waals surface area contributed by atoms with E-state index >= 15 is 0 Å². The van der Waals surface area contributed by atoms with Gasteiger partial charge in [-0.15, -0.1) is 0 Å². The number of ketones is 1. The molecule has 7 heteroatoms. The van der Waals surface area contributed by atoms with E-state index in [1.54, 1.807) is 48.5 Å². The van der Waals surface area contributed by atoms with Crippen LogP contribution in [0.4, 0.5) is 17.1 Å². The maximum atomic E-state index is 12.2. The topological polar surface area (TPSA) is 111 Å². The molecule has 0 fully saturated rings. The number of nitrogens with zero attached hydrogens (tertiary/aromatic N) is 1. The molecule has 2 amide bonds. The van der Waals surface area contributed by atoms with Gasteiger partial charge in [-0.3, -0.25) is 14.4 Å². The standard InChI is InChI=1S/C20H18N4O3/c1-13(25)15-3-5-19(6-4-15)24-20(27)16(11-21)12-22-17-7-9-18(10-8-17)23-14(2)26/h3-10,12,22H,1-2H3,(H,23,26)(H,24,27)/b16-12-. The Morgan fingerprint density at radius 2 is 1.37 bits per heavy atom. The molecule has 2 aromatic rings. The molecule has 0 bridgehead atoms. The summed E-state index contributed by atoms with van der Waals surface area (Å²) in [4.78, 5) is 34.5. The quantitative estimate of drug-likeness (QED) is 0.415. The van der Waals surface area contributed by atoms with Crippen molar-refractivity contribution in [1.29, 1.82) is 5.26 Å². The maximum Gasteiger partial charge on any atom is 0.267 e. The highest BCUT2D eigenvalue weighted by atomic mass is 16.2. The fourth-order valence-electron chi connectivity index (χ4n) is 2.14. The Kier molecular flexibility index (Phi) is 6.44. The predicted molar refractivity (Wildman–Crippen MR) is 103 cm³/mol. The Labute approximate surface area is 156 Å². The van der Waals surface area contributed by atoms with Crippen molar-refractivity contribution < 1.29 is 14.4 Å². The van der Waals surface area contributed by atoms with Gasteiger partial charge in [0.15, 0.2) is 5.78 Å². The number of nitriles is 1. The lowest BCUT2D eigenvalue weighted by molar-refractivity contribution is -0.114. The summed E-state index contributed by atoms with van der Waals surface area (Å²) in [6.45, 7) is 2.87. The Morgan fingerprint density at radius 3 is 1.89 bits per heavy atom. The fourth-order valence-corrected chi connectivity index (χ4v) is 2.14. The number of rotatable bonds is 6. The van der Waals surface area contributed by atoms with Gasteiger partial charge in [0.25, 0.3) is 5.91 Å². The molecule has 0 aliphatic carbocycles. The van der Waals surface area contributed by atoms with Crippen LogP contribution in [0.1, 0.15) is 24.2 Å². The van der Waals surface area contributed by atoms with Gasteiger partial charge in [0.05, 0.1) is 0 Å². The first-order valence-electron chi connectivity index (χ1n) is 8.06. The van der Waals surface area contributed by atoms with Gasteiger partial charge in [0, 0.05) is 35.7 Å². The van der Waals surface area contributed by atoms with Gasteiger partial charge < -0.3 is 16.0 Å². The molecule has 0 spiro atoms. The third-order valence-electron chi connectivity index (χ3n) is 3.50. The summed E-state index contributed by atoms with van der Waals surface area (Å²) in [5.41, 5.74) is 2.19. The first-order valence-corrected chi connectivity index (χ1v) is 8.06. The minimum absolute atomic E-state index is 0.0702. The summed E-state index contributed by atoms with van der Waals surface area (Å²) in [5, 5.41) is 17.3. The number of carbonyl (C=O) groups is 3. The second-order valence-electron chi connectivity index (χ2n) is 5.66. The van der Waals surface area contributed by atoms with Crippen LogP contribution in [0.3, 0.4) is 0 Å². The molecule has 7 nitrogen and oxygen atoms in total. The summed E-state index contributed by atoms with van der Waals surface area (Å²) in [6.07, 6.45) is 1.30. The van der Waals surface area contributed by atoms with E-state index in [4.69, 9.17) is 0 Å². The molecule has 0 aliphatic rings. The van der Waals surface area contributed by atoms with Gasteiger partial charge >= 0.3 is 0 Å². The maximum absolute atomic E-state index is 12.2. The van der Waals surface area contributed by atoms with E-state index in [1.165, 1.54) is 20.0 Å². The van der Waals surface area contributed by atoms with Crippen LogP contribution in [0.5, 0.6) is 0 Å². The second-order valence-corrected chi connectivity index (χ2v) is 5.66. The molecule has 27 heavy (non-hydrogen) atoms. The van der Waals surface area contributed by atoms with Crippen molar-refractivity contribution >= 4 is 34.7 Å². The lowest BCUT2D eigenvalue weighted by atomic mass is 10.1. The van der Waals surface area contributed by atoms with Crippen LogP contribution in [0.15, 0.2) is 60.3 Å². The summed E-state index contributed by atoms with van der Waals surface area (Å²) >= 11 is 0. The number of anilines is 3. The van der Waals surface area contributed by atoms with Crippen molar-refractivity contribution in [1.82, 2.24) is 0 Å². The zero-order valence-electron chi connectivity index (χ0n) is 14.9. The molecule has 3 N–H and O–H groups in total. The SMILES string of the molecule is CC(=O)Nc1ccc(N/C=C(/C#N)C(=O)Nc2ccc(C(C)=O)cc2)cc1. The molecule has 136 valence electrons.